The van der Waals surface area contributed by atoms with E-state index in [-0.39, 0.29) is 11.0 Å². The minimum absolute atomic E-state index is 0.0410. The molecular weight excluding hydrogens is 314 g/mol. The molecule has 1 aromatic carbocycles. The molecule has 1 atom stereocenters. The van der Waals surface area contributed by atoms with Crippen LogP contribution in [0.5, 0.6) is 5.75 Å². The molecule has 0 fully saturated rings. The Morgan fingerprint density at radius 2 is 2.00 bits per heavy atom. The third kappa shape index (κ3) is 6.58. The lowest BCUT2D eigenvalue weighted by Gasteiger charge is -2.31. The van der Waals surface area contributed by atoms with Crippen molar-refractivity contribution in [2.24, 2.45) is 5.41 Å². The van der Waals surface area contributed by atoms with E-state index in [0.717, 1.165) is 23.2 Å². The normalized spacial score (nSPS) is 14.7. The van der Waals surface area contributed by atoms with Crippen molar-refractivity contribution in [2.45, 2.75) is 39.7 Å². The first-order valence-corrected chi connectivity index (χ1v) is 7.80. The molecule has 1 unspecified atom stereocenters. The van der Waals surface area contributed by atoms with Gasteiger partial charge in [0.15, 0.2) is 0 Å². The van der Waals surface area contributed by atoms with Crippen LogP contribution in [0.15, 0.2) is 41.4 Å². The van der Waals surface area contributed by atoms with Crippen LogP contribution < -0.4 is 10.1 Å². The Hall–Kier alpha value is -0.800. The minimum atomic E-state index is 0.0410. The van der Waals surface area contributed by atoms with Gasteiger partial charge in [-0.15, -0.1) is 6.58 Å². The summed E-state index contributed by atoms with van der Waals surface area (Å²) in [6.45, 7) is 14.3. The zero-order valence-electron chi connectivity index (χ0n) is 13.0. The Morgan fingerprint density at radius 1 is 1.30 bits per heavy atom. The fraction of sp³-hybridized carbons (Fsp3) is 0.529. The van der Waals surface area contributed by atoms with Crippen LogP contribution in [0.1, 0.15) is 34.1 Å². The van der Waals surface area contributed by atoms with Gasteiger partial charge >= 0.3 is 0 Å². The molecular formula is C17H26BrNO. The van der Waals surface area contributed by atoms with Gasteiger partial charge in [-0.25, -0.2) is 0 Å². The van der Waals surface area contributed by atoms with Crippen molar-refractivity contribution in [3.63, 3.8) is 0 Å². The maximum absolute atomic E-state index is 5.81. The summed E-state index contributed by atoms with van der Waals surface area (Å²) >= 11 is 3.45. The summed E-state index contributed by atoms with van der Waals surface area (Å²) < 4.78 is 6.85. The van der Waals surface area contributed by atoms with Crippen LogP contribution in [0.4, 0.5) is 0 Å². The predicted octanol–water partition coefficient (Wildman–Crippen LogP) is 4.80. The summed E-state index contributed by atoms with van der Waals surface area (Å²) in [6.07, 6.45) is 2.96. The van der Waals surface area contributed by atoms with Crippen molar-refractivity contribution in [2.75, 3.05) is 13.2 Å². The van der Waals surface area contributed by atoms with E-state index < -0.39 is 0 Å². The molecule has 0 saturated heterocycles. The van der Waals surface area contributed by atoms with Gasteiger partial charge in [0.05, 0.1) is 6.61 Å². The molecule has 0 aliphatic carbocycles. The van der Waals surface area contributed by atoms with Crippen LogP contribution in [-0.2, 0) is 0 Å². The van der Waals surface area contributed by atoms with E-state index in [9.17, 15) is 0 Å². The first-order valence-electron chi connectivity index (χ1n) is 7.01. The van der Waals surface area contributed by atoms with Gasteiger partial charge in [-0.1, -0.05) is 35.0 Å². The lowest BCUT2D eigenvalue weighted by molar-refractivity contribution is 0.231. The average Bonchev–Trinajstić information content (AvgIpc) is 2.36. The molecule has 0 aromatic heterocycles. The Labute approximate surface area is 131 Å². The standard InChI is InChI=1S/C17H26BrNO/c1-6-17(5,13-19-16(2,3)4)10-11-20-15-9-7-8-14(18)12-15/h6-9,12,19H,1,10-11,13H2,2-5H3. The third-order valence-corrected chi connectivity index (χ3v) is 3.75. The zero-order valence-corrected chi connectivity index (χ0v) is 14.6. The number of hydrogen-bond donors (Lipinski definition) is 1. The first-order chi connectivity index (χ1) is 9.24. The predicted molar refractivity (Wildman–Crippen MR) is 90.3 cm³/mol. The summed E-state index contributed by atoms with van der Waals surface area (Å²) in [4.78, 5) is 0. The van der Waals surface area contributed by atoms with Gasteiger partial charge < -0.3 is 10.1 Å². The Bertz CT molecular complexity index is 439. The smallest absolute Gasteiger partial charge is 0.120 e. The van der Waals surface area contributed by atoms with Gasteiger partial charge in [0.1, 0.15) is 5.75 Å². The zero-order chi connectivity index (χ0) is 15.2. The molecule has 0 saturated carbocycles. The molecule has 0 aliphatic rings. The molecule has 1 aromatic rings. The largest absolute Gasteiger partial charge is 0.494 e. The minimum Gasteiger partial charge on any atom is -0.494 e. The van der Waals surface area contributed by atoms with Crippen molar-refractivity contribution < 1.29 is 4.74 Å². The quantitative estimate of drug-likeness (QED) is 0.720. The van der Waals surface area contributed by atoms with Gasteiger partial charge in [0.25, 0.3) is 0 Å². The summed E-state index contributed by atoms with van der Waals surface area (Å²) in [5.74, 6) is 0.898. The highest BCUT2D eigenvalue weighted by atomic mass is 79.9. The monoisotopic (exact) mass is 339 g/mol. The number of benzene rings is 1. The van der Waals surface area contributed by atoms with Gasteiger partial charge in [-0.3, -0.25) is 0 Å². The molecule has 1 rings (SSSR count). The molecule has 112 valence electrons. The third-order valence-electron chi connectivity index (χ3n) is 3.25. The lowest BCUT2D eigenvalue weighted by atomic mass is 9.86. The lowest BCUT2D eigenvalue weighted by Crippen LogP contribution is -2.42. The van der Waals surface area contributed by atoms with E-state index >= 15 is 0 Å². The highest BCUT2D eigenvalue weighted by Crippen LogP contribution is 2.24. The van der Waals surface area contributed by atoms with Crippen molar-refractivity contribution >= 4 is 15.9 Å². The van der Waals surface area contributed by atoms with Gasteiger partial charge in [-0.05, 0) is 45.4 Å². The van der Waals surface area contributed by atoms with Crippen LogP contribution in [0.2, 0.25) is 0 Å². The summed E-state index contributed by atoms with van der Waals surface area (Å²) in [5, 5.41) is 3.54. The molecule has 0 amide bonds. The van der Waals surface area contributed by atoms with E-state index in [0.29, 0.717) is 6.61 Å². The van der Waals surface area contributed by atoms with Gasteiger partial charge in [-0.2, -0.15) is 0 Å². The van der Waals surface area contributed by atoms with Crippen molar-refractivity contribution in [3.8, 4) is 5.75 Å². The van der Waals surface area contributed by atoms with E-state index in [1.165, 1.54) is 0 Å². The Morgan fingerprint density at radius 3 is 2.55 bits per heavy atom. The summed E-state index contributed by atoms with van der Waals surface area (Å²) in [5.41, 5.74) is 0.161. The van der Waals surface area contributed by atoms with Crippen LogP contribution in [0, 0.1) is 5.41 Å². The highest BCUT2D eigenvalue weighted by molar-refractivity contribution is 9.10. The fourth-order valence-electron chi connectivity index (χ4n) is 1.69. The topological polar surface area (TPSA) is 21.3 Å². The number of nitrogens with one attached hydrogen (secondary N) is 1. The first kappa shape index (κ1) is 17.3. The molecule has 0 aliphatic heterocycles. The number of halogens is 1. The van der Waals surface area contributed by atoms with Crippen LogP contribution >= 0.6 is 15.9 Å². The SMILES string of the molecule is C=CC(C)(CCOc1cccc(Br)c1)CNC(C)(C)C. The Kier molecular flexibility index (Phi) is 6.28. The number of ether oxygens (including phenoxy) is 1. The van der Waals surface area contributed by atoms with E-state index in [4.69, 9.17) is 4.74 Å². The number of hydrogen-bond acceptors (Lipinski definition) is 2. The molecule has 0 heterocycles. The average molecular weight is 340 g/mol. The van der Waals surface area contributed by atoms with Crippen LogP contribution in [-0.4, -0.2) is 18.7 Å². The van der Waals surface area contributed by atoms with Crippen LogP contribution in [0.3, 0.4) is 0 Å². The maximum atomic E-state index is 5.81. The van der Waals surface area contributed by atoms with Crippen LogP contribution in [0.25, 0.3) is 0 Å². The van der Waals surface area contributed by atoms with E-state index in [2.05, 4.69) is 55.5 Å². The maximum Gasteiger partial charge on any atom is 0.120 e. The molecule has 0 bridgehead atoms. The second-order valence-electron chi connectivity index (χ2n) is 6.52. The molecule has 3 heteroatoms. The fourth-order valence-corrected chi connectivity index (χ4v) is 2.07. The highest BCUT2D eigenvalue weighted by Gasteiger charge is 2.22. The molecule has 2 nitrogen and oxygen atoms in total. The second kappa shape index (κ2) is 7.28. The molecule has 1 N–H and O–H groups in total. The summed E-state index contributed by atoms with van der Waals surface area (Å²) in [7, 11) is 0. The van der Waals surface area contributed by atoms with Crippen molar-refractivity contribution in [1.82, 2.24) is 5.32 Å². The van der Waals surface area contributed by atoms with E-state index in [1.807, 2.05) is 30.3 Å². The summed E-state index contributed by atoms with van der Waals surface area (Å²) in [6, 6.07) is 7.93. The van der Waals surface area contributed by atoms with E-state index in [1.54, 1.807) is 0 Å². The molecule has 0 spiro atoms. The number of rotatable bonds is 7. The van der Waals surface area contributed by atoms with Crippen molar-refractivity contribution in [3.05, 3.63) is 41.4 Å². The van der Waals surface area contributed by atoms with Gasteiger partial charge in [0.2, 0.25) is 0 Å². The van der Waals surface area contributed by atoms with Gasteiger partial charge in [0, 0.05) is 22.0 Å². The second-order valence-corrected chi connectivity index (χ2v) is 7.43. The van der Waals surface area contributed by atoms with Crippen molar-refractivity contribution in [1.29, 1.82) is 0 Å². The molecule has 0 radical (unpaired) electrons. The Balaban J connectivity index is 2.46. The molecule has 20 heavy (non-hydrogen) atoms.